The maximum Gasteiger partial charge on any atom is 0.320 e. The van der Waals surface area contributed by atoms with Crippen molar-refractivity contribution in [3.8, 4) is 0 Å². The van der Waals surface area contributed by atoms with Crippen molar-refractivity contribution in [1.82, 2.24) is 0 Å². The van der Waals surface area contributed by atoms with Crippen molar-refractivity contribution in [1.29, 1.82) is 0 Å². The number of methoxy groups -OCH3 is 2. The van der Waals surface area contributed by atoms with E-state index >= 15 is 0 Å². The summed E-state index contributed by atoms with van der Waals surface area (Å²) in [5, 5.41) is 0. The zero-order chi connectivity index (χ0) is 14.5. The van der Waals surface area contributed by atoms with E-state index in [0.29, 0.717) is 4.99 Å². The highest BCUT2D eigenvalue weighted by molar-refractivity contribution is 7.82. The third-order valence-electron chi connectivity index (χ3n) is 2.83. The number of rotatable bonds is 5. The Bertz CT molecular complexity index is 342. The average molecular weight is 294 g/mol. The van der Waals surface area contributed by atoms with E-state index in [1.165, 1.54) is 14.2 Å². The molecule has 2 unspecified atom stereocenters. The van der Waals surface area contributed by atoms with Crippen molar-refractivity contribution in [2.45, 2.75) is 26.3 Å². The Hall–Kier alpha value is -0.660. The molecule has 0 aliphatic rings. The van der Waals surface area contributed by atoms with Gasteiger partial charge in [-0.1, -0.05) is 0 Å². The molecule has 0 saturated heterocycles. The van der Waals surface area contributed by atoms with Crippen molar-refractivity contribution in [3.05, 3.63) is 0 Å². The second kappa shape index (κ2) is 7.06. The lowest BCUT2D eigenvalue weighted by Gasteiger charge is -2.33. The fourth-order valence-electron chi connectivity index (χ4n) is 1.23. The predicted molar refractivity (Wildman–Crippen MR) is 75.0 cm³/mol. The Morgan fingerprint density at radius 3 is 2.11 bits per heavy atom. The molecule has 0 aromatic heterocycles. The van der Waals surface area contributed by atoms with Crippen molar-refractivity contribution in [2.75, 3.05) is 21.3 Å². The molecule has 0 radical (unpaired) electrons. The fraction of sp³-hybridized carbons (Fsp3) is 0.727. The minimum atomic E-state index is -0.831. The number of carbonyl (C=O) groups excluding carboxylic acids is 2. The molecule has 0 heterocycles. The molecule has 0 fully saturated rings. The van der Waals surface area contributed by atoms with E-state index < -0.39 is 17.9 Å². The first-order valence-corrected chi connectivity index (χ1v) is 6.27. The lowest BCUT2D eigenvalue weighted by atomic mass is 10.0. The van der Waals surface area contributed by atoms with Gasteiger partial charge < -0.3 is 9.47 Å². The number of thiocarbonyl (C=S) groups is 1. The van der Waals surface area contributed by atoms with E-state index in [1.807, 2.05) is 13.8 Å². The van der Waals surface area contributed by atoms with Crippen LogP contribution in [0.5, 0.6) is 0 Å². The van der Waals surface area contributed by atoms with Crippen LogP contribution in [0.2, 0.25) is 0 Å². The summed E-state index contributed by atoms with van der Waals surface area (Å²) in [5.41, 5.74) is 0. The van der Waals surface area contributed by atoms with Gasteiger partial charge >= 0.3 is 11.9 Å². The molecule has 2 atom stereocenters. The minimum absolute atomic E-state index is 0.0608. The van der Waals surface area contributed by atoms with E-state index in [4.69, 9.17) is 12.2 Å². The third kappa shape index (κ3) is 4.22. The second-order valence-corrected chi connectivity index (χ2v) is 5.56. The van der Waals surface area contributed by atoms with Crippen LogP contribution in [0.15, 0.2) is 0 Å². The van der Waals surface area contributed by atoms with Crippen LogP contribution < -0.4 is 0 Å². The van der Waals surface area contributed by atoms with Gasteiger partial charge in [0.2, 0.25) is 4.99 Å². The average Bonchev–Trinajstić information content (AvgIpc) is 2.33. The summed E-state index contributed by atoms with van der Waals surface area (Å²) in [6.45, 7) is 3.84. The van der Waals surface area contributed by atoms with Gasteiger partial charge in [-0.3, -0.25) is 9.59 Å². The Labute approximate surface area is 119 Å². The normalized spacial score (nSPS) is 15.7. The van der Waals surface area contributed by atoms with Crippen molar-refractivity contribution in [3.63, 3.8) is 0 Å². The summed E-state index contributed by atoms with van der Waals surface area (Å²) in [7, 11) is 4.29. The van der Waals surface area contributed by atoms with Crippen LogP contribution in [0, 0.1) is 5.92 Å². The van der Waals surface area contributed by atoms with Crippen LogP contribution in [0.1, 0.15) is 20.3 Å². The molecule has 0 aromatic rings. The number of ether oxygens (including phenoxy) is 2. The van der Waals surface area contributed by atoms with Gasteiger partial charge in [0, 0.05) is 0 Å². The highest BCUT2D eigenvalue weighted by Gasteiger charge is 2.40. The second-order valence-electron chi connectivity index (χ2n) is 4.31. The standard InChI is InChI=1S/C11H20NO4S2/c1-7(2)12(3,18)10(17)8(11(14)16-5)6-9(13)15-4/h7-8,18H,6H2,1-5H3/q+1. The number of hydrogen-bond donors (Lipinski definition) is 1. The number of nitrogens with zero attached hydrogens (tertiary/aromatic N) is 1. The lowest BCUT2D eigenvalue weighted by molar-refractivity contribution is -0.696. The van der Waals surface area contributed by atoms with Gasteiger partial charge in [0.25, 0.3) is 0 Å². The zero-order valence-corrected chi connectivity index (χ0v) is 13.0. The van der Waals surface area contributed by atoms with Crippen molar-refractivity contribution >= 4 is 42.0 Å². The number of carbonyl (C=O) groups is 2. The molecule has 0 saturated carbocycles. The Balaban J connectivity index is 5.15. The van der Waals surface area contributed by atoms with E-state index in [0.717, 1.165) is 0 Å². The van der Waals surface area contributed by atoms with Crippen LogP contribution >= 0.6 is 25.0 Å². The Kier molecular flexibility index (Phi) is 6.80. The molecule has 5 nitrogen and oxygen atoms in total. The van der Waals surface area contributed by atoms with Crippen LogP contribution in [0.3, 0.4) is 0 Å². The number of quaternary nitrogens is 1. The molecule has 0 amide bonds. The van der Waals surface area contributed by atoms with Gasteiger partial charge in [-0.25, -0.2) is 3.89 Å². The highest BCUT2D eigenvalue weighted by atomic mass is 32.1. The van der Waals surface area contributed by atoms with Crippen LogP contribution in [0.4, 0.5) is 0 Å². The smallest absolute Gasteiger partial charge is 0.320 e. The minimum Gasteiger partial charge on any atom is -0.469 e. The summed E-state index contributed by atoms with van der Waals surface area (Å²) >= 11 is 9.72. The molecular weight excluding hydrogens is 274 g/mol. The van der Waals surface area contributed by atoms with Gasteiger partial charge in [0.05, 0.1) is 46.5 Å². The molecule has 0 N–H and O–H groups in total. The zero-order valence-electron chi connectivity index (χ0n) is 11.3. The van der Waals surface area contributed by atoms with Crippen molar-refractivity contribution < 1.29 is 23.0 Å². The molecular formula is C11H20NO4S2+. The lowest BCUT2D eigenvalue weighted by Crippen LogP contribution is -2.50. The topological polar surface area (TPSA) is 52.6 Å². The van der Waals surface area contributed by atoms with E-state index in [1.54, 1.807) is 7.05 Å². The maximum absolute atomic E-state index is 11.7. The van der Waals surface area contributed by atoms with Crippen LogP contribution in [-0.4, -0.2) is 48.1 Å². The molecule has 0 aliphatic heterocycles. The molecule has 0 aromatic carbocycles. The molecule has 0 rings (SSSR count). The predicted octanol–water partition coefficient (Wildman–Crippen LogP) is 1.37. The highest BCUT2D eigenvalue weighted by Crippen LogP contribution is 2.24. The first-order chi connectivity index (χ1) is 8.18. The van der Waals surface area contributed by atoms with Gasteiger partial charge in [-0.2, -0.15) is 0 Å². The monoisotopic (exact) mass is 294 g/mol. The molecule has 104 valence electrons. The summed E-state index contributed by atoms with van der Waals surface area (Å²) in [4.78, 5) is 23.4. The molecule has 18 heavy (non-hydrogen) atoms. The van der Waals surface area contributed by atoms with Crippen molar-refractivity contribution in [2.24, 2.45) is 5.92 Å². The van der Waals surface area contributed by atoms with Crippen LogP contribution in [0.25, 0.3) is 0 Å². The van der Waals surface area contributed by atoms with Gasteiger partial charge in [0.1, 0.15) is 0 Å². The quantitative estimate of drug-likeness (QED) is 0.359. The summed E-state index contributed by atoms with van der Waals surface area (Å²) < 4.78 is 9.30. The van der Waals surface area contributed by atoms with Gasteiger partial charge in [0.15, 0.2) is 5.92 Å². The van der Waals surface area contributed by atoms with E-state index in [9.17, 15) is 9.59 Å². The number of thiol groups is 1. The third-order valence-corrected chi connectivity index (χ3v) is 4.31. The van der Waals surface area contributed by atoms with E-state index in [2.05, 4.69) is 22.3 Å². The van der Waals surface area contributed by atoms with Crippen LogP contribution in [-0.2, 0) is 19.1 Å². The summed E-state index contributed by atoms with van der Waals surface area (Å²) in [6.07, 6.45) is -0.136. The Morgan fingerprint density at radius 1 is 1.28 bits per heavy atom. The SMILES string of the molecule is COC(=O)CC(C(=O)OC)C(=S)[N+](C)(S)C(C)C. The van der Waals surface area contributed by atoms with Gasteiger partial charge in [-0.15, -0.1) is 0 Å². The maximum atomic E-state index is 11.7. The molecule has 7 heteroatoms. The molecule has 0 aliphatic carbocycles. The van der Waals surface area contributed by atoms with Gasteiger partial charge in [-0.05, 0) is 26.1 Å². The number of hydrogen-bond acceptors (Lipinski definition) is 6. The fourth-order valence-corrected chi connectivity index (χ4v) is 1.76. The first kappa shape index (κ1) is 17.3. The summed E-state index contributed by atoms with van der Waals surface area (Å²) in [6, 6.07) is 0.0608. The summed E-state index contributed by atoms with van der Waals surface area (Å²) in [5.74, 6) is -1.89. The first-order valence-electron chi connectivity index (χ1n) is 5.46. The molecule has 0 bridgehead atoms. The Morgan fingerprint density at radius 2 is 1.78 bits per heavy atom. The van der Waals surface area contributed by atoms with E-state index in [-0.39, 0.29) is 16.4 Å². The number of esters is 2. The largest absolute Gasteiger partial charge is 0.469 e. The molecule has 0 spiro atoms.